The zero-order chi connectivity index (χ0) is 20.1. The highest BCUT2D eigenvalue weighted by Crippen LogP contribution is 2.29. The third-order valence-corrected chi connectivity index (χ3v) is 5.82. The number of thioether (sulfide) groups is 1. The number of fused-ring (bicyclic) bond motifs is 1. The molecule has 144 valence electrons. The molecule has 1 amide bonds. The summed E-state index contributed by atoms with van der Waals surface area (Å²) in [7, 11) is 0. The number of thiazole rings is 1. The number of anilines is 1. The fourth-order valence-corrected chi connectivity index (χ4v) is 4.63. The van der Waals surface area contributed by atoms with E-state index in [4.69, 9.17) is 4.74 Å². The second-order valence-electron chi connectivity index (χ2n) is 6.10. The first-order valence-electron chi connectivity index (χ1n) is 8.84. The highest BCUT2D eigenvalue weighted by molar-refractivity contribution is 7.99. The number of nitrogens with zero attached hydrogens (tertiary/aromatic N) is 3. The molecule has 3 aromatic rings. The van der Waals surface area contributed by atoms with Gasteiger partial charge in [0.2, 0.25) is 5.91 Å². The maximum atomic E-state index is 12.3. The monoisotopic (exact) mass is 412 g/mol. The van der Waals surface area contributed by atoms with E-state index in [1.807, 2.05) is 45.0 Å². The maximum Gasteiger partial charge on any atom is 0.226 e. The molecule has 0 radical (unpaired) electrons. The van der Waals surface area contributed by atoms with Gasteiger partial charge in [0, 0.05) is 17.9 Å². The Kier molecular flexibility index (Phi) is 6.49. The van der Waals surface area contributed by atoms with Crippen LogP contribution in [0.25, 0.3) is 10.2 Å². The summed E-state index contributed by atoms with van der Waals surface area (Å²) in [6, 6.07) is 9.77. The van der Waals surface area contributed by atoms with Crippen LogP contribution in [0.2, 0.25) is 0 Å². The van der Waals surface area contributed by atoms with E-state index in [9.17, 15) is 10.1 Å². The number of hydrogen-bond donors (Lipinski definition) is 1. The Morgan fingerprint density at radius 2 is 2.14 bits per heavy atom. The van der Waals surface area contributed by atoms with Crippen molar-refractivity contribution in [2.45, 2.75) is 32.2 Å². The standard InChI is InChI=1S/C20H20N4O2S2/c1-4-26-14-5-6-16-17(10-14)28-20(23-16)24-18(25)7-8-27-19-15(11-21)12(2)9-13(3)22-19/h5-6,9-10H,4,7-8H2,1-3H3,(H,23,24,25). The topological polar surface area (TPSA) is 87.9 Å². The van der Waals surface area contributed by atoms with Gasteiger partial charge in [0.1, 0.15) is 16.8 Å². The number of pyridine rings is 1. The molecule has 0 aliphatic rings. The van der Waals surface area contributed by atoms with Crippen molar-refractivity contribution < 1.29 is 9.53 Å². The zero-order valence-electron chi connectivity index (χ0n) is 15.9. The number of amides is 1. The van der Waals surface area contributed by atoms with E-state index in [2.05, 4.69) is 21.4 Å². The molecule has 6 nitrogen and oxygen atoms in total. The summed E-state index contributed by atoms with van der Waals surface area (Å²) in [6.07, 6.45) is 0.310. The van der Waals surface area contributed by atoms with Crippen LogP contribution in [0.5, 0.6) is 5.75 Å². The summed E-state index contributed by atoms with van der Waals surface area (Å²) in [5.74, 6) is 1.22. The Balaban J connectivity index is 1.59. The van der Waals surface area contributed by atoms with Gasteiger partial charge in [0.15, 0.2) is 5.13 Å². The Morgan fingerprint density at radius 3 is 2.89 bits per heavy atom. The third-order valence-electron chi connectivity index (χ3n) is 3.91. The number of aryl methyl sites for hydroxylation is 2. The highest BCUT2D eigenvalue weighted by Gasteiger charge is 2.12. The average Bonchev–Trinajstić information content (AvgIpc) is 3.03. The van der Waals surface area contributed by atoms with Gasteiger partial charge in [-0.3, -0.25) is 4.79 Å². The van der Waals surface area contributed by atoms with Crippen LogP contribution in [0.15, 0.2) is 29.3 Å². The highest BCUT2D eigenvalue weighted by atomic mass is 32.2. The molecular weight excluding hydrogens is 392 g/mol. The molecule has 2 aromatic heterocycles. The van der Waals surface area contributed by atoms with E-state index in [1.54, 1.807) is 0 Å². The van der Waals surface area contributed by atoms with Crippen molar-refractivity contribution in [1.82, 2.24) is 9.97 Å². The molecule has 1 N–H and O–H groups in total. The van der Waals surface area contributed by atoms with Gasteiger partial charge in [-0.05, 0) is 50.6 Å². The van der Waals surface area contributed by atoms with Crippen molar-refractivity contribution in [2.24, 2.45) is 0 Å². The molecule has 2 heterocycles. The summed E-state index contributed by atoms with van der Waals surface area (Å²) >= 11 is 2.84. The van der Waals surface area contributed by atoms with E-state index in [0.29, 0.717) is 34.5 Å². The molecule has 8 heteroatoms. The smallest absolute Gasteiger partial charge is 0.226 e. The van der Waals surface area contributed by atoms with Crippen molar-refractivity contribution >= 4 is 44.4 Å². The summed E-state index contributed by atoms with van der Waals surface area (Å²) in [4.78, 5) is 21.1. The molecule has 28 heavy (non-hydrogen) atoms. The second-order valence-corrected chi connectivity index (χ2v) is 8.21. The minimum atomic E-state index is -0.112. The molecule has 0 spiro atoms. The Morgan fingerprint density at radius 1 is 1.32 bits per heavy atom. The number of hydrogen-bond acceptors (Lipinski definition) is 7. The number of carbonyl (C=O) groups excluding carboxylic acids is 1. The molecule has 0 fully saturated rings. The van der Waals surface area contributed by atoms with Crippen molar-refractivity contribution in [3.63, 3.8) is 0 Å². The van der Waals surface area contributed by atoms with Gasteiger partial charge in [-0.25, -0.2) is 9.97 Å². The fraction of sp³-hybridized carbons (Fsp3) is 0.300. The van der Waals surface area contributed by atoms with Crippen molar-refractivity contribution in [3.8, 4) is 11.8 Å². The minimum absolute atomic E-state index is 0.112. The van der Waals surface area contributed by atoms with E-state index in [0.717, 1.165) is 27.2 Å². The first-order chi connectivity index (χ1) is 13.5. The lowest BCUT2D eigenvalue weighted by Crippen LogP contribution is -2.12. The molecule has 3 rings (SSSR count). The van der Waals surface area contributed by atoms with Crippen LogP contribution in [0.1, 0.15) is 30.2 Å². The van der Waals surface area contributed by atoms with Gasteiger partial charge >= 0.3 is 0 Å². The molecule has 0 unspecified atom stereocenters. The SMILES string of the molecule is CCOc1ccc2nc(NC(=O)CCSc3nc(C)cc(C)c3C#N)sc2c1. The predicted molar refractivity (Wildman–Crippen MR) is 113 cm³/mol. The number of ether oxygens (including phenoxy) is 1. The second kappa shape index (κ2) is 9.04. The lowest BCUT2D eigenvalue weighted by atomic mass is 10.1. The van der Waals surface area contributed by atoms with Crippen LogP contribution < -0.4 is 10.1 Å². The van der Waals surface area contributed by atoms with Gasteiger partial charge in [-0.1, -0.05) is 11.3 Å². The molecule has 0 aliphatic heterocycles. The van der Waals surface area contributed by atoms with Crippen LogP contribution in [-0.2, 0) is 4.79 Å². The number of nitriles is 1. The summed E-state index contributed by atoms with van der Waals surface area (Å²) in [5, 5.41) is 13.4. The quantitative estimate of drug-likeness (QED) is 0.566. The Bertz CT molecular complexity index is 1060. The lowest BCUT2D eigenvalue weighted by Gasteiger charge is -2.07. The largest absolute Gasteiger partial charge is 0.494 e. The van der Waals surface area contributed by atoms with E-state index < -0.39 is 0 Å². The lowest BCUT2D eigenvalue weighted by molar-refractivity contribution is -0.115. The first-order valence-corrected chi connectivity index (χ1v) is 10.6. The van der Waals surface area contributed by atoms with Crippen molar-refractivity contribution in [1.29, 1.82) is 5.26 Å². The zero-order valence-corrected chi connectivity index (χ0v) is 17.5. The third kappa shape index (κ3) is 4.80. The van der Waals surface area contributed by atoms with E-state index in [1.165, 1.54) is 23.1 Å². The first kappa shape index (κ1) is 20.1. The van der Waals surface area contributed by atoms with Gasteiger partial charge in [-0.2, -0.15) is 5.26 Å². The number of aromatic nitrogens is 2. The fourth-order valence-electron chi connectivity index (χ4n) is 2.68. The average molecular weight is 413 g/mol. The Hall–Kier alpha value is -2.63. The minimum Gasteiger partial charge on any atom is -0.494 e. The normalized spacial score (nSPS) is 10.6. The van der Waals surface area contributed by atoms with Crippen LogP contribution in [0.3, 0.4) is 0 Å². The van der Waals surface area contributed by atoms with Crippen LogP contribution >= 0.6 is 23.1 Å². The Labute approximate surface area is 172 Å². The molecule has 0 aliphatic carbocycles. The van der Waals surface area contributed by atoms with Gasteiger partial charge in [-0.15, -0.1) is 11.8 Å². The number of benzene rings is 1. The molecule has 0 atom stereocenters. The van der Waals surface area contributed by atoms with Crippen LogP contribution in [0, 0.1) is 25.2 Å². The molecule has 0 saturated heterocycles. The maximum absolute atomic E-state index is 12.3. The van der Waals surface area contributed by atoms with Crippen molar-refractivity contribution in [2.75, 3.05) is 17.7 Å². The van der Waals surface area contributed by atoms with Crippen molar-refractivity contribution in [3.05, 3.63) is 41.1 Å². The molecule has 1 aromatic carbocycles. The van der Waals surface area contributed by atoms with Gasteiger partial charge < -0.3 is 10.1 Å². The molecule has 0 bridgehead atoms. The summed E-state index contributed by atoms with van der Waals surface area (Å²) in [6.45, 7) is 6.34. The van der Waals surface area contributed by atoms with E-state index >= 15 is 0 Å². The summed E-state index contributed by atoms with van der Waals surface area (Å²) < 4.78 is 6.46. The number of carbonyl (C=O) groups is 1. The van der Waals surface area contributed by atoms with Gasteiger partial charge in [0.05, 0.1) is 22.4 Å². The van der Waals surface area contributed by atoms with Crippen LogP contribution in [0.4, 0.5) is 5.13 Å². The predicted octanol–water partition coefficient (Wildman–Crippen LogP) is 4.70. The molecule has 0 saturated carbocycles. The molecular formula is C20H20N4O2S2. The number of rotatable bonds is 7. The van der Waals surface area contributed by atoms with E-state index in [-0.39, 0.29) is 5.91 Å². The van der Waals surface area contributed by atoms with Crippen LogP contribution in [-0.4, -0.2) is 28.2 Å². The van der Waals surface area contributed by atoms with Gasteiger partial charge in [0.25, 0.3) is 0 Å². The number of nitrogens with one attached hydrogen (secondary N) is 1. The summed E-state index contributed by atoms with van der Waals surface area (Å²) in [5.41, 5.74) is 3.18.